The first kappa shape index (κ1) is 17.5. The first-order valence-electron chi connectivity index (χ1n) is 9.45. The molecule has 1 atom stereocenters. The van der Waals surface area contributed by atoms with Crippen LogP contribution in [0.3, 0.4) is 0 Å². The summed E-state index contributed by atoms with van der Waals surface area (Å²) >= 11 is 0. The van der Waals surface area contributed by atoms with Crippen LogP contribution in [-0.4, -0.2) is 19.7 Å². The smallest absolute Gasteiger partial charge is 0.175 e. The average molecular weight is 368 g/mol. The highest BCUT2D eigenvalue weighted by molar-refractivity contribution is 7.90. The molecule has 3 nitrogen and oxygen atoms in total. The lowest BCUT2D eigenvalue weighted by atomic mass is 9.82. The third kappa shape index (κ3) is 3.61. The quantitative estimate of drug-likeness (QED) is 0.763. The minimum Gasteiger partial charge on any atom is -0.260 e. The van der Waals surface area contributed by atoms with Gasteiger partial charge in [0.05, 0.1) is 10.6 Å². The van der Waals surface area contributed by atoms with Crippen LogP contribution in [0.4, 0.5) is 0 Å². The molecule has 2 aliphatic carbocycles. The first-order valence-corrected chi connectivity index (χ1v) is 11.3. The Kier molecular flexibility index (Phi) is 4.70. The van der Waals surface area contributed by atoms with Gasteiger partial charge in [-0.15, -0.1) is 0 Å². The number of benzene rings is 1. The van der Waals surface area contributed by atoms with E-state index >= 15 is 0 Å². The van der Waals surface area contributed by atoms with Gasteiger partial charge in [-0.2, -0.15) is 0 Å². The lowest BCUT2D eigenvalue weighted by Crippen LogP contribution is -2.09. The van der Waals surface area contributed by atoms with E-state index in [9.17, 15) is 8.42 Å². The van der Waals surface area contributed by atoms with E-state index in [-0.39, 0.29) is 0 Å². The number of aromatic nitrogens is 1. The second-order valence-corrected chi connectivity index (χ2v) is 9.73. The molecule has 2 aromatic rings. The summed E-state index contributed by atoms with van der Waals surface area (Å²) in [5, 5.41) is 0. The SMILES string of the molecule is CS(=O)(=O)c1ccc(C(CC2CCCC2)C2=Cc3cccnc3C2)cc1. The van der Waals surface area contributed by atoms with Crippen molar-refractivity contribution in [3.8, 4) is 0 Å². The second-order valence-electron chi connectivity index (χ2n) is 7.72. The summed E-state index contributed by atoms with van der Waals surface area (Å²) in [5.74, 6) is 1.12. The maximum atomic E-state index is 11.8. The molecule has 1 saturated carbocycles. The van der Waals surface area contributed by atoms with Gasteiger partial charge in [-0.05, 0) is 41.7 Å². The highest BCUT2D eigenvalue weighted by atomic mass is 32.2. The van der Waals surface area contributed by atoms with Crippen LogP contribution in [0.1, 0.15) is 54.8 Å². The van der Waals surface area contributed by atoms with Crippen LogP contribution in [0.2, 0.25) is 0 Å². The maximum Gasteiger partial charge on any atom is 0.175 e. The predicted molar refractivity (Wildman–Crippen MR) is 105 cm³/mol. The molecule has 0 amide bonds. The number of hydrogen-bond donors (Lipinski definition) is 0. The molecule has 0 spiro atoms. The van der Waals surface area contributed by atoms with Crippen molar-refractivity contribution < 1.29 is 8.42 Å². The number of nitrogens with zero attached hydrogens (tertiary/aromatic N) is 1. The first-order chi connectivity index (χ1) is 12.5. The normalized spacial score (nSPS) is 18.6. The molecule has 0 radical (unpaired) electrons. The maximum absolute atomic E-state index is 11.8. The zero-order valence-electron chi connectivity index (χ0n) is 15.2. The number of sulfone groups is 1. The highest BCUT2D eigenvalue weighted by Gasteiger charge is 2.27. The van der Waals surface area contributed by atoms with Gasteiger partial charge in [-0.1, -0.05) is 55.5 Å². The Hall–Kier alpha value is -1.94. The fourth-order valence-electron chi connectivity index (χ4n) is 4.43. The van der Waals surface area contributed by atoms with Gasteiger partial charge < -0.3 is 0 Å². The largest absolute Gasteiger partial charge is 0.260 e. The summed E-state index contributed by atoms with van der Waals surface area (Å²) in [6, 6.07) is 11.7. The Morgan fingerprint density at radius 1 is 1.12 bits per heavy atom. The van der Waals surface area contributed by atoms with Crippen LogP contribution < -0.4 is 0 Å². The van der Waals surface area contributed by atoms with Gasteiger partial charge >= 0.3 is 0 Å². The Labute approximate surface area is 156 Å². The Morgan fingerprint density at radius 3 is 2.50 bits per heavy atom. The van der Waals surface area contributed by atoms with Crippen molar-refractivity contribution in [3.05, 3.63) is 65.0 Å². The van der Waals surface area contributed by atoms with E-state index in [0.29, 0.717) is 10.8 Å². The molecule has 0 saturated heterocycles. The number of rotatable bonds is 5. The third-order valence-corrected chi connectivity index (χ3v) is 6.97. The molecular formula is C22H25NO2S. The van der Waals surface area contributed by atoms with Crippen molar-refractivity contribution in [2.45, 2.75) is 49.3 Å². The van der Waals surface area contributed by atoms with Crippen molar-refractivity contribution in [2.75, 3.05) is 6.26 Å². The fourth-order valence-corrected chi connectivity index (χ4v) is 5.06. The van der Waals surface area contributed by atoms with E-state index in [1.807, 2.05) is 24.4 Å². The number of allylic oxidation sites excluding steroid dienone is 1. The van der Waals surface area contributed by atoms with Crippen LogP contribution in [0.25, 0.3) is 6.08 Å². The molecule has 136 valence electrons. The topological polar surface area (TPSA) is 47.0 Å². The van der Waals surface area contributed by atoms with Crippen molar-refractivity contribution in [1.82, 2.24) is 4.98 Å². The summed E-state index contributed by atoms with van der Waals surface area (Å²) in [7, 11) is -3.15. The molecule has 4 heteroatoms. The standard InChI is InChI=1S/C22H25NO2S/c1-26(24,25)20-10-8-17(9-11-20)21(13-16-5-2-3-6-16)19-14-18-7-4-12-23-22(18)15-19/h4,7-12,14,16,21H,2-3,5-6,13,15H2,1H3. The minimum atomic E-state index is -3.15. The lowest BCUT2D eigenvalue weighted by Gasteiger charge is -2.23. The molecule has 0 N–H and O–H groups in total. The van der Waals surface area contributed by atoms with Crippen molar-refractivity contribution >= 4 is 15.9 Å². The number of pyridine rings is 1. The summed E-state index contributed by atoms with van der Waals surface area (Å²) < 4.78 is 23.6. The molecule has 2 aliphatic rings. The van der Waals surface area contributed by atoms with Crippen molar-refractivity contribution in [2.24, 2.45) is 5.92 Å². The summed E-state index contributed by atoms with van der Waals surface area (Å²) in [4.78, 5) is 4.93. The van der Waals surface area contributed by atoms with E-state index in [1.54, 1.807) is 12.1 Å². The summed E-state index contributed by atoms with van der Waals surface area (Å²) in [6.07, 6.45) is 12.8. The van der Waals surface area contributed by atoms with Gasteiger partial charge in [0.1, 0.15) is 0 Å². The van der Waals surface area contributed by atoms with Gasteiger partial charge in [0.2, 0.25) is 0 Å². The Balaban J connectivity index is 1.65. The van der Waals surface area contributed by atoms with Gasteiger partial charge in [0.15, 0.2) is 9.84 Å². The third-order valence-electron chi connectivity index (χ3n) is 5.84. The van der Waals surface area contributed by atoms with Crippen LogP contribution in [0, 0.1) is 5.92 Å². The van der Waals surface area contributed by atoms with Crippen LogP contribution in [0.15, 0.2) is 53.1 Å². The monoisotopic (exact) mass is 367 g/mol. The Morgan fingerprint density at radius 2 is 1.85 bits per heavy atom. The molecule has 1 aromatic heterocycles. The highest BCUT2D eigenvalue weighted by Crippen LogP contribution is 2.41. The van der Waals surface area contributed by atoms with Crippen LogP contribution >= 0.6 is 0 Å². The van der Waals surface area contributed by atoms with Crippen LogP contribution in [-0.2, 0) is 16.3 Å². The van der Waals surface area contributed by atoms with Crippen molar-refractivity contribution in [3.63, 3.8) is 0 Å². The summed E-state index contributed by atoms with van der Waals surface area (Å²) in [5.41, 5.74) is 5.03. The minimum absolute atomic E-state index is 0.348. The molecule has 0 aliphatic heterocycles. The number of fused-ring (bicyclic) bond motifs is 1. The van der Waals surface area contributed by atoms with E-state index in [0.717, 1.165) is 24.5 Å². The van der Waals surface area contributed by atoms with Gasteiger partial charge in [0.25, 0.3) is 0 Å². The molecule has 1 aromatic carbocycles. The van der Waals surface area contributed by atoms with E-state index in [2.05, 4.69) is 17.1 Å². The lowest BCUT2D eigenvalue weighted by molar-refractivity contribution is 0.468. The van der Waals surface area contributed by atoms with Gasteiger partial charge in [-0.25, -0.2) is 8.42 Å². The van der Waals surface area contributed by atoms with E-state index < -0.39 is 9.84 Å². The average Bonchev–Trinajstić information content (AvgIpc) is 3.28. The Bertz CT molecular complexity index is 923. The van der Waals surface area contributed by atoms with E-state index in [4.69, 9.17) is 0 Å². The molecule has 1 unspecified atom stereocenters. The molecule has 4 rings (SSSR count). The summed E-state index contributed by atoms with van der Waals surface area (Å²) in [6.45, 7) is 0. The predicted octanol–water partition coefficient (Wildman–Crippen LogP) is 4.79. The molecule has 0 bridgehead atoms. The van der Waals surface area contributed by atoms with Crippen LogP contribution in [0.5, 0.6) is 0 Å². The van der Waals surface area contributed by atoms with Gasteiger partial charge in [-0.3, -0.25) is 4.98 Å². The molecular weight excluding hydrogens is 342 g/mol. The molecule has 1 fully saturated rings. The van der Waals surface area contributed by atoms with E-state index in [1.165, 1.54) is 48.6 Å². The second kappa shape index (κ2) is 6.99. The zero-order valence-corrected chi connectivity index (χ0v) is 16.0. The molecule has 1 heterocycles. The fraction of sp³-hybridized carbons (Fsp3) is 0.409. The zero-order chi connectivity index (χ0) is 18.1. The number of hydrogen-bond acceptors (Lipinski definition) is 3. The molecule has 26 heavy (non-hydrogen) atoms. The van der Waals surface area contributed by atoms with Gasteiger partial charge in [0, 0.05) is 24.8 Å². The van der Waals surface area contributed by atoms with Crippen molar-refractivity contribution in [1.29, 1.82) is 0 Å².